The summed E-state index contributed by atoms with van der Waals surface area (Å²) in [4.78, 5) is 9.34. The first kappa shape index (κ1) is 16.3. The van der Waals surface area contributed by atoms with Gasteiger partial charge in [-0.2, -0.15) is 18.2 Å². The van der Waals surface area contributed by atoms with Gasteiger partial charge in [-0.1, -0.05) is 12.1 Å². The molecule has 2 heterocycles. The van der Waals surface area contributed by atoms with Crippen LogP contribution in [0.3, 0.4) is 0 Å². The molecule has 1 saturated heterocycles. The van der Waals surface area contributed by atoms with Gasteiger partial charge in [-0.05, 0) is 12.1 Å². The molecule has 128 valence electrons. The molecular formula is C15H17F3N6. The molecule has 5 N–H and O–H groups in total. The third-order valence-electron chi connectivity index (χ3n) is 3.86. The molecule has 3 rings (SSSR count). The van der Waals surface area contributed by atoms with E-state index in [1.54, 1.807) is 24.3 Å². The zero-order chi connectivity index (χ0) is 17.3. The summed E-state index contributed by atoms with van der Waals surface area (Å²) in [5.74, 6) is -0.960. The second-order valence-electron chi connectivity index (χ2n) is 5.47. The van der Waals surface area contributed by atoms with Crippen molar-refractivity contribution in [2.75, 3.05) is 42.5 Å². The van der Waals surface area contributed by atoms with Crippen LogP contribution in [0.5, 0.6) is 0 Å². The van der Waals surface area contributed by atoms with E-state index in [1.165, 1.54) is 0 Å². The smallest absolute Gasteiger partial charge is 0.383 e. The van der Waals surface area contributed by atoms with Gasteiger partial charge in [-0.15, -0.1) is 0 Å². The molecule has 0 aliphatic carbocycles. The van der Waals surface area contributed by atoms with Gasteiger partial charge in [-0.3, -0.25) is 0 Å². The number of nitrogens with zero attached hydrogens (tertiary/aromatic N) is 3. The van der Waals surface area contributed by atoms with Crippen molar-refractivity contribution < 1.29 is 13.2 Å². The van der Waals surface area contributed by atoms with Gasteiger partial charge in [-0.25, -0.2) is 4.98 Å². The normalized spacial score (nSPS) is 15.5. The van der Waals surface area contributed by atoms with E-state index in [-0.39, 0.29) is 11.6 Å². The van der Waals surface area contributed by atoms with Crippen molar-refractivity contribution in [1.82, 2.24) is 15.3 Å². The number of aromatic nitrogens is 2. The Morgan fingerprint density at radius 2 is 1.62 bits per heavy atom. The molecule has 0 radical (unpaired) electrons. The Bertz CT molecular complexity index is 723. The SMILES string of the molecule is Nc1nc(N)c(C(F)(F)F)c(-c2ccc(N3CCNCC3)cc2)n1. The first-order valence-electron chi connectivity index (χ1n) is 7.42. The van der Waals surface area contributed by atoms with Crippen LogP contribution in [0, 0.1) is 0 Å². The van der Waals surface area contributed by atoms with Crippen LogP contribution in [-0.2, 0) is 6.18 Å². The Morgan fingerprint density at radius 1 is 1.00 bits per heavy atom. The molecule has 0 unspecified atom stereocenters. The predicted octanol–water partition coefficient (Wildman–Crippen LogP) is 1.74. The van der Waals surface area contributed by atoms with Crippen molar-refractivity contribution in [1.29, 1.82) is 0 Å². The third-order valence-corrected chi connectivity index (χ3v) is 3.86. The van der Waals surface area contributed by atoms with Crippen molar-refractivity contribution in [3.8, 4) is 11.3 Å². The summed E-state index contributed by atoms with van der Waals surface area (Å²) in [6.07, 6.45) is -4.66. The molecule has 1 aliphatic heterocycles. The van der Waals surface area contributed by atoms with Crippen molar-refractivity contribution in [2.45, 2.75) is 6.18 Å². The number of benzene rings is 1. The van der Waals surface area contributed by atoms with E-state index in [4.69, 9.17) is 11.5 Å². The number of alkyl halides is 3. The Hall–Kier alpha value is -2.55. The highest BCUT2D eigenvalue weighted by Gasteiger charge is 2.38. The van der Waals surface area contributed by atoms with Crippen LogP contribution < -0.4 is 21.7 Å². The number of hydrogen-bond donors (Lipinski definition) is 3. The van der Waals surface area contributed by atoms with Gasteiger partial charge in [0.15, 0.2) is 0 Å². The lowest BCUT2D eigenvalue weighted by Gasteiger charge is -2.29. The topological polar surface area (TPSA) is 93.1 Å². The first-order chi connectivity index (χ1) is 11.4. The van der Waals surface area contributed by atoms with E-state index in [9.17, 15) is 13.2 Å². The fraction of sp³-hybridized carbons (Fsp3) is 0.333. The molecule has 1 aliphatic rings. The Morgan fingerprint density at radius 3 is 2.21 bits per heavy atom. The first-order valence-corrected chi connectivity index (χ1v) is 7.42. The Labute approximate surface area is 136 Å². The lowest BCUT2D eigenvalue weighted by molar-refractivity contribution is -0.136. The number of nitrogens with one attached hydrogen (secondary N) is 1. The lowest BCUT2D eigenvalue weighted by Crippen LogP contribution is -2.43. The van der Waals surface area contributed by atoms with E-state index < -0.39 is 17.6 Å². The number of rotatable bonds is 2. The maximum Gasteiger partial charge on any atom is 0.422 e. The summed E-state index contributed by atoms with van der Waals surface area (Å²) in [5, 5.41) is 3.25. The molecule has 0 bridgehead atoms. The van der Waals surface area contributed by atoms with E-state index in [0.717, 1.165) is 31.9 Å². The maximum atomic E-state index is 13.3. The quantitative estimate of drug-likeness (QED) is 0.772. The van der Waals surface area contributed by atoms with Crippen LogP contribution in [0.1, 0.15) is 5.56 Å². The van der Waals surface area contributed by atoms with E-state index in [1.807, 2.05) is 0 Å². The largest absolute Gasteiger partial charge is 0.422 e. The molecule has 6 nitrogen and oxygen atoms in total. The number of hydrogen-bond acceptors (Lipinski definition) is 6. The minimum atomic E-state index is -4.66. The van der Waals surface area contributed by atoms with E-state index in [2.05, 4.69) is 20.2 Å². The highest BCUT2D eigenvalue weighted by Crippen LogP contribution is 2.39. The summed E-state index contributed by atoms with van der Waals surface area (Å²) in [6, 6.07) is 6.73. The van der Waals surface area contributed by atoms with Gasteiger partial charge < -0.3 is 21.7 Å². The fourth-order valence-electron chi connectivity index (χ4n) is 2.74. The summed E-state index contributed by atoms with van der Waals surface area (Å²) in [7, 11) is 0. The average Bonchev–Trinajstić information content (AvgIpc) is 2.54. The highest BCUT2D eigenvalue weighted by atomic mass is 19.4. The lowest BCUT2D eigenvalue weighted by atomic mass is 10.0. The number of nitrogen functional groups attached to an aromatic ring is 2. The summed E-state index contributed by atoms with van der Waals surface area (Å²) in [5.41, 5.74) is 10.8. The zero-order valence-electron chi connectivity index (χ0n) is 12.8. The van der Waals surface area contributed by atoms with Crippen LogP contribution in [-0.4, -0.2) is 36.1 Å². The second-order valence-corrected chi connectivity index (χ2v) is 5.47. The third kappa shape index (κ3) is 3.21. The standard InChI is InChI=1S/C15H17F3N6/c16-15(17,18)11-12(22-14(20)23-13(11)19)9-1-3-10(4-2-9)24-7-5-21-6-8-24/h1-4,21H,5-8H2,(H4,19,20,22,23). The fourth-order valence-corrected chi connectivity index (χ4v) is 2.74. The molecular weight excluding hydrogens is 321 g/mol. The summed E-state index contributed by atoms with van der Waals surface area (Å²) in [6.45, 7) is 3.44. The molecule has 9 heteroatoms. The summed E-state index contributed by atoms with van der Waals surface area (Å²) < 4.78 is 39.8. The van der Waals surface area contributed by atoms with Crippen molar-refractivity contribution >= 4 is 17.5 Å². The van der Waals surface area contributed by atoms with Gasteiger partial charge in [0, 0.05) is 37.4 Å². The monoisotopic (exact) mass is 338 g/mol. The van der Waals surface area contributed by atoms with Gasteiger partial charge in [0.25, 0.3) is 0 Å². The molecule has 1 fully saturated rings. The second kappa shape index (κ2) is 6.16. The number of piperazine rings is 1. The van der Waals surface area contributed by atoms with Crippen LogP contribution in [0.4, 0.5) is 30.6 Å². The summed E-state index contributed by atoms with van der Waals surface area (Å²) >= 11 is 0. The predicted molar refractivity (Wildman–Crippen MR) is 86.4 cm³/mol. The van der Waals surface area contributed by atoms with Gasteiger partial charge in [0.2, 0.25) is 5.95 Å². The van der Waals surface area contributed by atoms with Crippen molar-refractivity contribution in [3.05, 3.63) is 29.8 Å². The van der Waals surface area contributed by atoms with Crippen LogP contribution in [0.25, 0.3) is 11.3 Å². The minimum Gasteiger partial charge on any atom is -0.383 e. The van der Waals surface area contributed by atoms with E-state index in [0.29, 0.717) is 5.56 Å². The van der Waals surface area contributed by atoms with Crippen LogP contribution in [0.2, 0.25) is 0 Å². The Balaban J connectivity index is 2.00. The van der Waals surface area contributed by atoms with Gasteiger partial charge in [0.1, 0.15) is 11.4 Å². The van der Waals surface area contributed by atoms with Crippen molar-refractivity contribution in [3.63, 3.8) is 0 Å². The molecule has 0 amide bonds. The molecule has 0 atom stereocenters. The number of halogens is 3. The van der Waals surface area contributed by atoms with Crippen LogP contribution >= 0.6 is 0 Å². The minimum absolute atomic E-state index is 0.290. The molecule has 24 heavy (non-hydrogen) atoms. The van der Waals surface area contributed by atoms with Crippen molar-refractivity contribution in [2.24, 2.45) is 0 Å². The van der Waals surface area contributed by atoms with Gasteiger partial charge in [0.05, 0.1) is 5.69 Å². The Kier molecular flexibility index (Phi) is 4.18. The van der Waals surface area contributed by atoms with Crippen LogP contribution in [0.15, 0.2) is 24.3 Å². The van der Waals surface area contributed by atoms with E-state index >= 15 is 0 Å². The molecule has 1 aromatic heterocycles. The molecule has 2 aromatic rings. The molecule has 1 aromatic carbocycles. The number of nitrogens with two attached hydrogens (primary N) is 2. The molecule has 0 spiro atoms. The highest BCUT2D eigenvalue weighted by molar-refractivity contribution is 5.71. The zero-order valence-corrected chi connectivity index (χ0v) is 12.8. The van der Waals surface area contributed by atoms with Gasteiger partial charge >= 0.3 is 6.18 Å². The molecule has 0 saturated carbocycles. The maximum absolute atomic E-state index is 13.3. The average molecular weight is 338 g/mol. The number of anilines is 3.